The quantitative estimate of drug-likeness (QED) is 0.495. The van der Waals surface area contributed by atoms with Gasteiger partial charge in [-0.15, -0.1) is 0 Å². The van der Waals surface area contributed by atoms with Gasteiger partial charge in [-0.25, -0.2) is 4.79 Å². The summed E-state index contributed by atoms with van der Waals surface area (Å²) < 4.78 is 4.83. The monoisotopic (exact) mass is 234 g/mol. The third-order valence-corrected chi connectivity index (χ3v) is 2.30. The van der Waals surface area contributed by atoms with Crippen molar-refractivity contribution in [3.63, 3.8) is 0 Å². The van der Waals surface area contributed by atoms with E-state index in [1.54, 1.807) is 13.8 Å². The molecular formula is C13H18N2O2. The van der Waals surface area contributed by atoms with Crippen molar-refractivity contribution in [2.45, 2.75) is 27.7 Å². The standard InChI is InChI=1S/C13H18N2O2/c1-5-17-13(16)11(4)14-15-12-7-6-9(2)8-10(12)3/h6-8,15H,5H2,1-4H3. The summed E-state index contributed by atoms with van der Waals surface area (Å²) in [6.07, 6.45) is 0. The maximum absolute atomic E-state index is 11.3. The number of carbonyl (C=O) groups is 1. The van der Waals surface area contributed by atoms with Gasteiger partial charge in [0.05, 0.1) is 12.3 Å². The third-order valence-electron chi connectivity index (χ3n) is 2.30. The first-order chi connectivity index (χ1) is 8.04. The Morgan fingerprint density at radius 2 is 2.12 bits per heavy atom. The zero-order chi connectivity index (χ0) is 12.8. The zero-order valence-electron chi connectivity index (χ0n) is 10.7. The van der Waals surface area contributed by atoms with Crippen LogP contribution in [0.4, 0.5) is 5.69 Å². The summed E-state index contributed by atoms with van der Waals surface area (Å²) in [6.45, 7) is 7.76. The highest BCUT2D eigenvalue weighted by atomic mass is 16.5. The molecule has 1 rings (SSSR count). The lowest BCUT2D eigenvalue weighted by molar-refractivity contribution is -0.135. The lowest BCUT2D eigenvalue weighted by Gasteiger charge is -2.07. The van der Waals surface area contributed by atoms with Crippen LogP contribution in [0.25, 0.3) is 0 Å². The number of ether oxygens (including phenoxy) is 1. The number of hydrogen-bond acceptors (Lipinski definition) is 4. The number of nitrogens with zero attached hydrogens (tertiary/aromatic N) is 1. The fourth-order valence-electron chi connectivity index (χ4n) is 1.36. The van der Waals surface area contributed by atoms with Crippen molar-refractivity contribution in [2.24, 2.45) is 5.10 Å². The number of hydrazone groups is 1. The average molecular weight is 234 g/mol. The molecule has 0 aliphatic carbocycles. The van der Waals surface area contributed by atoms with Crippen LogP contribution in [0.2, 0.25) is 0 Å². The van der Waals surface area contributed by atoms with Crippen LogP contribution in [-0.2, 0) is 9.53 Å². The van der Waals surface area contributed by atoms with Gasteiger partial charge in [0.1, 0.15) is 5.71 Å². The summed E-state index contributed by atoms with van der Waals surface area (Å²) in [4.78, 5) is 11.3. The summed E-state index contributed by atoms with van der Waals surface area (Å²) in [7, 11) is 0. The minimum atomic E-state index is -0.398. The van der Waals surface area contributed by atoms with Gasteiger partial charge in [0.15, 0.2) is 0 Å². The molecule has 0 fully saturated rings. The maximum atomic E-state index is 11.3. The smallest absolute Gasteiger partial charge is 0.354 e. The van der Waals surface area contributed by atoms with Gasteiger partial charge in [-0.2, -0.15) is 5.10 Å². The molecule has 1 aromatic rings. The number of benzene rings is 1. The second-order valence-electron chi connectivity index (χ2n) is 3.85. The predicted octanol–water partition coefficient (Wildman–Crippen LogP) is 2.65. The molecule has 0 aliphatic heterocycles. The molecule has 0 bridgehead atoms. The number of aryl methyl sites for hydroxylation is 2. The molecule has 0 atom stereocenters. The van der Waals surface area contributed by atoms with Crippen LogP contribution in [0.5, 0.6) is 0 Å². The van der Waals surface area contributed by atoms with Crippen molar-refractivity contribution in [2.75, 3.05) is 12.0 Å². The zero-order valence-corrected chi connectivity index (χ0v) is 10.7. The van der Waals surface area contributed by atoms with Crippen LogP contribution in [0, 0.1) is 13.8 Å². The SMILES string of the molecule is CCOC(=O)C(C)=NNc1ccc(C)cc1C. The molecule has 0 heterocycles. The molecule has 92 valence electrons. The van der Waals surface area contributed by atoms with Crippen molar-refractivity contribution in [3.8, 4) is 0 Å². The molecule has 4 nitrogen and oxygen atoms in total. The van der Waals surface area contributed by atoms with Crippen LogP contribution in [0.3, 0.4) is 0 Å². The van der Waals surface area contributed by atoms with E-state index < -0.39 is 5.97 Å². The normalized spacial score (nSPS) is 11.2. The fraction of sp³-hybridized carbons (Fsp3) is 0.385. The van der Waals surface area contributed by atoms with Gasteiger partial charge >= 0.3 is 5.97 Å². The largest absolute Gasteiger partial charge is 0.461 e. The summed E-state index contributed by atoms with van der Waals surface area (Å²) in [5.41, 5.74) is 6.35. The average Bonchev–Trinajstić information content (AvgIpc) is 2.27. The molecule has 0 saturated carbocycles. The predicted molar refractivity (Wildman–Crippen MR) is 69.3 cm³/mol. The Labute approximate surface area is 102 Å². The number of hydrogen-bond donors (Lipinski definition) is 1. The summed E-state index contributed by atoms with van der Waals surface area (Å²) in [6, 6.07) is 5.98. The van der Waals surface area contributed by atoms with E-state index >= 15 is 0 Å². The lowest BCUT2D eigenvalue weighted by Crippen LogP contribution is -2.15. The molecule has 17 heavy (non-hydrogen) atoms. The minimum Gasteiger partial charge on any atom is -0.461 e. The molecule has 1 aromatic carbocycles. The number of esters is 1. The molecule has 0 aliphatic rings. The Morgan fingerprint density at radius 1 is 1.41 bits per heavy atom. The fourth-order valence-corrected chi connectivity index (χ4v) is 1.36. The third kappa shape index (κ3) is 3.90. The topological polar surface area (TPSA) is 50.7 Å². The van der Waals surface area contributed by atoms with Gasteiger partial charge in [0, 0.05) is 0 Å². The molecule has 4 heteroatoms. The molecule has 0 amide bonds. The molecule has 0 saturated heterocycles. The van der Waals surface area contributed by atoms with Gasteiger partial charge in [0.25, 0.3) is 0 Å². The highest BCUT2D eigenvalue weighted by Crippen LogP contribution is 2.15. The second-order valence-corrected chi connectivity index (χ2v) is 3.85. The summed E-state index contributed by atoms with van der Waals surface area (Å²) >= 11 is 0. The van der Waals surface area contributed by atoms with E-state index in [1.807, 2.05) is 26.0 Å². The van der Waals surface area contributed by atoms with E-state index in [9.17, 15) is 4.79 Å². The molecule has 0 unspecified atom stereocenters. The maximum Gasteiger partial charge on any atom is 0.354 e. The summed E-state index contributed by atoms with van der Waals surface area (Å²) in [5, 5.41) is 4.00. The van der Waals surface area contributed by atoms with Crippen LogP contribution in [-0.4, -0.2) is 18.3 Å². The van der Waals surface area contributed by atoms with E-state index in [-0.39, 0.29) is 0 Å². The molecule has 1 N–H and O–H groups in total. The second kappa shape index (κ2) is 6.03. The number of nitrogens with one attached hydrogen (secondary N) is 1. The van der Waals surface area contributed by atoms with Crippen LogP contribution < -0.4 is 5.43 Å². The highest BCUT2D eigenvalue weighted by Gasteiger charge is 2.06. The van der Waals surface area contributed by atoms with E-state index in [0.717, 1.165) is 11.3 Å². The number of rotatable bonds is 4. The first-order valence-corrected chi connectivity index (χ1v) is 5.59. The Balaban J connectivity index is 2.72. The van der Waals surface area contributed by atoms with Crippen molar-refractivity contribution >= 4 is 17.4 Å². The van der Waals surface area contributed by atoms with Gasteiger partial charge in [0.2, 0.25) is 0 Å². The number of anilines is 1. The lowest BCUT2D eigenvalue weighted by atomic mass is 10.1. The van der Waals surface area contributed by atoms with Crippen LogP contribution in [0.15, 0.2) is 23.3 Å². The van der Waals surface area contributed by atoms with Gasteiger partial charge in [-0.05, 0) is 39.3 Å². The van der Waals surface area contributed by atoms with E-state index in [1.165, 1.54) is 5.56 Å². The van der Waals surface area contributed by atoms with Gasteiger partial charge in [-0.1, -0.05) is 17.7 Å². The minimum absolute atomic E-state index is 0.312. The molecule has 0 spiro atoms. The van der Waals surface area contributed by atoms with E-state index in [4.69, 9.17) is 4.74 Å². The highest BCUT2D eigenvalue weighted by molar-refractivity contribution is 6.35. The Bertz CT molecular complexity index is 439. The van der Waals surface area contributed by atoms with E-state index in [2.05, 4.69) is 16.6 Å². The van der Waals surface area contributed by atoms with Crippen molar-refractivity contribution in [1.82, 2.24) is 0 Å². The molecule has 0 aromatic heterocycles. The number of carbonyl (C=O) groups excluding carboxylic acids is 1. The Morgan fingerprint density at radius 3 is 2.71 bits per heavy atom. The van der Waals surface area contributed by atoms with Gasteiger partial charge in [-0.3, -0.25) is 5.43 Å². The molecular weight excluding hydrogens is 216 g/mol. The van der Waals surface area contributed by atoms with Crippen molar-refractivity contribution in [1.29, 1.82) is 0 Å². The van der Waals surface area contributed by atoms with Crippen molar-refractivity contribution in [3.05, 3.63) is 29.3 Å². The Hall–Kier alpha value is -1.84. The first-order valence-electron chi connectivity index (χ1n) is 5.59. The first kappa shape index (κ1) is 13.2. The Kier molecular flexibility index (Phi) is 4.69. The van der Waals surface area contributed by atoms with E-state index in [0.29, 0.717) is 12.3 Å². The van der Waals surface area contributed by atoms with Crippen LogP contribution >= 0.6 is 0 Å². The van der Waals surface area contributed by atoms with Gasteiger partial charge < -0.3 is 4.74 Å². The molecule has 0 radical (unpaired) electrons. The van der Waals surface area contributed by atoms with Crippen molar-refractivity contribution < 1.29 is 9.53 Å². The summed E-state index contributed by atoms with van der Waals surface area (Å²) in [5.74, 6) is -0.398. The van der Waals surface area contributed by atoms with Crippen LogP contribution in [0.1, 0.15) is 25.0 Å².